The van der Waals surface area contributed by atoms with Crippen molar-refractivity contribution in [3.8, 4) is 6.07 Å². The van der Waals surface area contributed by atoms with E-state index in [1.807, 2.05) is 31.7 Å². The van der Waals surface area contributed by atoms with Crippen LogP contribution in [0.25, 0.3) is 0 Å². The van der Waals surface area contributed by atoms with Crippen molar-refractivity contribution in [1.29, 1.82) is 5.26 Å². The van der Waals surface area contributed by atoms with Crippen LogP contribution in [-0.4, -0.2) is 28.8 Å². The highest BCUT2D eigenvalue weighted by Gasteiger charge is 2.30. The highest BCUT2D eigenvalue weighted by atomic mass is 16.3. The number of aryl methyl sites for hydroxylation is 2. The number of β-amino-alcohol motifs (C(OH)–C–C–N with tert-alkyl or cyclic N) is 1. The minimum atomic E-state index is -0.690. The summed E-state index contributed by atoms with van der Waals surface area (Å²) in [6, 6.07) is 4.15. The van der Waals surface area contributed by atoms with E-state index in [1.165, 1.54) is 0 Å². The van der Waals surface area contributed by atoms with Crippen LogP contribution in [0.15, 0.2) is 6.07 Å². The predicted molar refractivity (Wildman–Crippen MR) is 70.5 cm³/mol. The third-order valence-corrected chi connectivity index (χ3v) is 3.41. The van der Waals surface area contributed by atoms with Gasteiger partial charge < -0.3 is 10.0 Å². The Kier molecular flexibility index (Phi) is 3.27. The summed E-state index contributed by atoms with van der Waals surface area (Å²) in [4.78, 5) is 6.52. The molecule has 0 amide bonds. The van der Waals surface area contributed by atoms with Crippen LogP contribution in [-0.2, 0) is 0 Å². The highest BCUT2D eigenvalue weighted by molar-refractivity contribution is 5.58. The molecule has 1 N–H and O–H groups in total. The number of aliphatic hydroxyl groups is 1. The zero-order valence-electron chi connectivity index (χ0n) is 11.2. The van der Waals surface area contributed by atoms with E-state index in [2.05, 4.69) is 11.1 Å². The Morgan fingerprint density at radius 1 is 1.50 bits per heavy atom. The van der Waals surface area contributed by atoms with E-state index in [0.29, 0.717) is 12.1 Å². The van der Waals surface area contributed by atoms with E-state index in [1.54, 1.807) is 0 Å². The summed E-state index contributed by atoms with van der Waals surface area (Å²) < 4.78 is 0. The molecule has 1 fully saturated rings. The summed E-state index contributed by atoms with van der Waals surface area (Å²) in [5.41, 5.74) is 1.79. The number of nitrogens with zero attached hydrogens (tertiary/aromatic N) is 3. The lowest BCUT2D eigenvalue weighted by molar-refractivity contribution is 0.0447. The lowest BCUT2D eigenvalue weighted by atomic mass is 9.94. The molecular formula is C14H19N3O. The maximum atomic E-state index is 10.2. The zero-order valence-corrected chi connectivity index (χ0v) is 11.2. The molecule has 1 unspecified atom stereocenters. The van der Waals surface area contributed by atoms with E-state index in [-0.39, 0.29) is 0 Å². The topological polar surface area (TPSA) is 60.2 Å². The molecule has 2 heterocycles. The van der Waals surface area contributed by atoms with Crippen LogP contribution in [0, 0.1) is 25.2 Å². The van der Waals surface area contributed by atoms with Crippen molar-refractivity contribution >= 4 is 5.82 Å². The normalized spacial score (nSPS) is 23.8. The molecule has 18 heavy (non-hydrogen) atoms. The van der Waals surface area contributed by atoms with Gasteiger partial charge in [0.05, 0.1) is 11.2 Å². The maximum absolute atomic E-state index is 10.2. The Bertz CT molecular complexity index is 502. The Morgan fingerprint density at radius 3 is 2.83 bits per heavy atom. The lowest BCUT2D eigenvalue weighted by Gasteiger charge is -2.38. The number of rotatable bonds is 1. The van der Waals surface area contributed by atoms with Crippen LogP contribution in [0.1, 0.15) is 36.6 Å². The van der Waals surface area contributed by atoms with Gasteiger partial charge in [-0.15, -0.1) is 0 Å². The standard InChI is InChI=1S/C14H19N3O/c1-10-7-11(2)16-13(12(10)8-15)17-6-4-5-14(3,18)9-17/h7,18H,4-6,9H2,1-3H3. The van der Waals surface area contributed by atoms with Gasteiger partial charge in [-0.25, -0.2) is 4.98 Å². The molecule has 4 nitrogen and oxygen atoms in total. The summed E-state index contributed by atoms with van der Waals surface area (Å²) in [6.45, 7) is 7.09. The minimum absolute atomic E-state index is 0.539. The van der Waals surface area contributed by atoms with E-state index >= 15 is 0 Å². The van der Waals surface area contributed by atoms with Crippen molar-refractivity contribution in [1.82, 2.24) is 4.98 Å². The van der Waals surface area contributed by atoms with Gasteiger partial charge >= 0.3 is 0 Å². The van der Waals surface area contributed by atoms with Crippen LogP contribution in [0.3, 0.4) is 0 Å². The van der Waals surface area contributed by atoms with Gasteiger partial charge in [-0.1, -0.05) is 0 Å². The molecule has 96 valence electrons. The molecule has 1 aromatic heterocycles. The van der Waals surface area contributed by atoms with Gasteiger partial charge in [-0.2, -0.15) is 5.26 Å². The molecule has 0 bridgehead atoms. The van der Waals surface area contributed by atoms with Crippen molar-refractivity contribution < 1.29 is 5.11 Å². The SMILES string of the molecule is Cc1cc(C)c(C#N)c(N2CCCC(C)(O)C2)n1. The average molecular weight is 245 g/mol. The molecule has 0 spiro atoms. The summed E-state index contributed by atoms with van der Waals surface area (Å²) >= 11 is 0. The summed E-state index contributed by atoms with van der Waals surface area (Å²) in [5.74, 6) is 0.718. The van der Waals surface area contributed by atoms with Crippen LogP contribution < -0.4 is 4.90 Å². The van der Waals surface area contributed by atoms with Crippen LogP contribution in [0.4, 0.5) is 5.82 Å². The molecule has 1 aliphatic heterocycles. The number of aromatic nitrogens is 1. The van der Waals surface area contributed by atoms with Crippen molar-refractivity contribution in [2.24, 2.45) is 0 Å². The Hall–Kier alpha value is -1.60. The van der Waals surface area contributed by atoms with Crippen molar-refractivity contribution in [3.63, 3.8) is 0 Å². The molecule has 1 aromatic rings. The number of piperidine rings is 1. The van der Waals surface area contributed by atoms with Gasteiger partial charge in [0.2, 0.25) is 0 Å². The monoisotopic (exact) mass is 245 g/mol. The third-order valence-electron chi connectivity index (χ3n) is 3.41. The van der Waals surface area contributed by atoms with Crippen molar-refractivity contribution in [3.05, 3.63) is 22.9 Å². The van der Waals surface area contributed by atoms with Gasteiger partial charge in [0.15, 0.2) is 0 Å². The Labute approximate surface area is 108 Å². The lowest BCUT2D eigenvalue weighted by Crippen LogP contribution is -2.46. The minimum Gasteiger partial charge on any atom is -0.388 e. The Morgan fingerprint density at radius 2 is 2.22 bits per heavy atom. The maximum Gasteiger partial charge on any atom is 0.147 e. The quantitative estimate of drug-likeness (QED) is 0.821. The number of nitriles is 1. The second-order valence-corrected chi connectivity index (χ2v) is 5.41. The molecule has 0 saturated carbocycles. The van der Waals surface area contributed by atoms with Gasteiger partial charge in [0.25, 0.3) is 0 Å². The fourth-order valence-electron chi connectivity index (χ4n) is 2.58. The van der Waals surface area contributed by atoms with E-state index < -0.39 is 5.60 Å². The molecule has 1 atom stereocenters. The first-order valence-corrected chi connectivity index (χ1v) is 6.28. The molecule has 0 aromatic carbocycles. The van der Waals surface area contributed by atoms with Crippen molar-refractivity contribution in [2.45, 2.75) is 39.2 Å². The number of pyridine rings is 1. The average Bonchev–Trinajstić information content (AvgIpc) is 2.26. The van der Waals surface area contributed by atoms with Gasteiger partial charge in [0.1, 0.15) is 11.9 Å². The largest absolute Gasteiger partial charge is 0.388 e. The smallest absolute Gasteiger partial charge is 0.147 e. The molecule has 0 aliphatic carbocycles. The second kappa shape index (κ2) is 4.58. The van der Waals surface area contributed by atoms with Crippen LogP contribution in [0.2, 0.25) is 0 Å². The van der Waals surface area contributed by atoms with Gasteiger partial charge in [-0.3, -0.25) is 0 Å². The molecule has 4 heteroatoms. The molecule has 0 radical (unpaired) electrons. The van der Waals surface area contributed by atoms with E-state index in [9.17, 15) is 10.4 Å². The van der Waals surface area contributed by atoms with Crippen LogP contribution in [0.5, 0.6) is 0 Å². The predicted octanol–water partition coefficient (Wildman–Crippen LogP) is 1.92. The second-order valence-electron chi connectivity index (χ2n) is 5.41. The zero-order chi connectivity index (χ0) is 13.3. The molecule has 2 rings (SSSR count). The number of hydrogen-bond donors (Lipinski definition) is 1. The first kappa shape index (κ1) is 12.8. The van der Waals surface area contributed by atoms with E-state index in [4.69, 9.17) is 0 Å². The summed E-state index contributed by atoms with van der Waals surface area (Å²) in [6.07, 6.45) is 1.72. The fourth-order valence-corrected chi connectivity index (χ4v) is 2.58. The molecule has 1 aliphatic rings. The fraction of sp³-hybridized carbons (Fsp3) is 0.571. The summed E-state index contributed by atoms with van der Waals surface area (Å²) in [7, 11) is 0. The summed E-state index contributed by atoms with van der Waals surface area (Å²) in [5, 5.41) is 19.4. The number of hydrogen-bond acceptors (Lipinski definition) is 4. The third kappa shape index (κ3) is 2.46. The van der Waals surface area contributed by atoms with E-state index in [0.717, 1.165) is 36.5 Å². The van der Waals surface area contributed by atoms with Gasteiger partial charge in [0, 0.05) is 18.8 Å². The molecule has 1 saturated heterocycles. The Balaban J connectivity index is 2.42. The van der Waals surface area contributed by atoms with Gasteiger partial charge in [-0.05, 0) is 45.2 Å². The number of anilines is 1. The highest BCUT2D eigenvalue weighted by Crippen LogP contribution is 2.28. The van der Waals surface area contributed by atoms with Crippen LogP contribution >= 0.6 is 0 Å². The first-order chi connectivity index (χ1) is 8.43. The molecular weight excluding hydrogens is 226 g/mol. The van der Waals surface area contributed by atoms with Crippen molar-refractivity contribution in [2.75, 3.05) is 18.0 Å². The first-order valence-electron chi connectivity index (χ1n) is 6.28.